The molecule has 0 fully saturated rings. The molecule has 3 aromatic rings. The first-order valence-electron chi connectivity index (χ1n) is 8.42. The van der Waals surface area contributed by atoms with E-state index in [1.807, 2.05) is 19.1 Å². The predicted molar refractivity (Wildman–Crippen MR) is 98.5 cm³/mol. The summed E-state index contributed by atoms with van der Waals surface area (Å²) in [7, 11) is 0. The fourth-order valence-electron chi connectivity index (χ4n) is 2.59. The van der Waals surface area contributed by atoms with Crippen LogP contribution in [0.4, 0.5) is 10.2 Å². The van der Waals surface area contributed by atoms with E-state index in [2.05, 4.69) is 10.4 Å². The maximum Gasteiger partial charge on any atom is 0.356 e. The summed E-state index contributed by atoms with van der Waals surface area (Å²) in [6.45, 7) is 2.22. The molecule has 27 heavy (non-hydrogen) atoms. The number of rotatable bonds is 6. The van der Waals surface area contributed by atoms with Crippen molar-refractivity contribution in [2.24, 2.45) is 0 Å². The molecule has 0 saturated heterocycles. The van der Waals surface area contributed by atoms with Crippen LogP contribution < -0.4 is 5.32 Å². The maximum atomic E-state index is 13.1. The van der Waals surface area contributed by atoms with Gasteiger partial charge >= 0.3 is 5.97 Å². The van der Waals surface area contributed by atoms with Gasteiger partial charge in [0.15, 0.2) is 5.69 Å². The number of amides is 1. The summed E-state index contributed by atoms with van der Waals surface area (Å²) >= 11 is 0. The Hall–Kier alpha value is -3.48. The third kappa shape index (κ3) is 4.38. The average Bonchev–Trinajstić information content (AvgIpc) is 3.06. The number of nitrogens with zero attached hydrogens (tertiary/aromatic N) is 2. The smallest absolute Gasteiger partial charge is 0.356 e. The number of carbonyl (C=O) groups is 2. The minimum absolute atomic E-state index is 0.186. The Morgan fingerprint density at radius 3 is 2.30 bits per heavy atom. The van der Waals surface area contributed by atoms with Crippen molar-refractivity contribution in [3.8, 4) is 0 Å². The van der Waals surface area contributed by atoms with E-state index in [0.29, 0.717) is 5.56 Å². The van der Waals surface area contributed by atoms with Crippen LogP contribution in [0.25, 0.3) is 0 Å². The molecule has 1 aromatic heterocycles. The highest BCUT2D eigenvalue weighted by Gasteiger charge is 2.16. The summed E-state index contributed by atoms with van der Waals surface area (Å²) in [4.78, 5) is 23.7. The summed E-state index contributed by atoms with van der Waals surface area (Å²) in [6.07, 6.45) is 0.869. The van der Waals surface area contributed by atoms with Crippen molar-refractivity contribution in [1.29, 1.82) is 0 Å². The number of carboxylic acid groups (broad SMARTS) is 1. The number of carbonyl (C=O) groups excluding carboxylic acids is 1. The van der Waals surface area contributed by atoms with Gasteiger partial charge in [-0.15, -0.1) is 0 Å². The van der Waals surface area contributed by atoms with Gasteiger partial charge in [0, 0.05) is 11.6 Å². The van der Waals surface area contributed by atoms with E-state index in [9.17, 15) is 19.1 Å². The van der Waals surface area contributed by atoms with E-state index in [1.165, 1.54) is 22.9 Å². The van der Waals surface area contributed by atoms with Crippen LogP contribution in [0, 0.1) is 5.82 Å². The summed E-state index contributed by atoms with van der Waals surface area (Å²) in [6, 6.07) is 14.2. The Labute approximate surface area is 155 Å². The largest absolute Gasteiger partial charge is 0.476 e. The van der Waals surface area contributed by atoms with Crippen LogP contribution in [-0.4, -0.2) is 26.8 Å². The van der Waals surface area contributed by atoms with Gasteiger partial charge in [0.1, 0.15) is 11.6 Å². The fourth-order valence-corrected chi connectivity index (χ4v) is 2.59. The van der Waals surface area contributed by atoms with E-state index < -0.39 is 5.97 Å². The van der Waals surface area contributed by atoms with Crippen LogP contribution in [0.1, 0.15) is 38.9 Å². The second-order valence-corrected chi connectivity index (χ2v) is 6.01. The highest BCUT2D eigenvalue weighted by molar-refractivity contribution is 6.04. The number of aryl methyl sites for hydroxylation is 1. The van der Waals surface area contributed by atoms with Crippen LogP contribution in [0.3, 0.4) is 0 Å². The molecule has 2 N–H and O–H groups in total. The van der Waals surface area contributed by atoms with E-state index in [0.717, 1.165) is 17.5 Å². The zero-order valence-electron chi connectivity index (χ0n) is 14.6. The second-order valence-electron chi connectivity index (χ2n) is 6.01. The van der Waals surface area contributed by atoms with Crippen LogP contribution in [0.5, 0.6) is 0 Å². The zero-order valence-corrected chi connectivity index (χ0v) is 14.6. The number of halogens is 1. The number of carboxylic acids is 1. The molecule has 0 radical (unpaired) electrons. The first kappa shape index (κ1) is 18.3. The zero-order chi connectivity index (χ0) is 19.4. The van der Waals surface area contributed by atoms with Gasteiger partial charge in [0.2, 0.25) is 0 Å². The molecule has 1 amide bonds. The van der Waals surface area contributed by atoms with Crippen LogP contribution in [0.2, 0.25) is 0 Å². The third-order valence-corrected chi connectivity index (χ3v) is 4.11. The predicted octanol–water partition coefficient (Wildman–Crippen LogP) is 3.58. The monoisotopic (exact) mass is 367 g/mol. The molecule has 2 aromatic carbocycles. The van der Waals surface area contributed by atoms with E-state index in [4.69, 9.17) is 0 Å². The second kappa shape index (κ2) is 7.82. The van der Waals surface area contributed by atoms with Gasteiger partial charge in [0.25, 0.3) is 5.91 Å². The molecular weight excluding hydrogens is 349 g/mol. The lowest BCUT2D eigenvalue weighted by molar-refractivity contribution is 0.0689. The van der Waals surface area contributed by atoms with Crippen molar-refractivity contribution >= 4 is 17.7 Å². The Morgan fingerprint density at radius 1 is 1.07 bits per heavy atom. The van der Waals surface area contributed by atoms with E-state index >= 15 is 0 Å². The summed E-state index contributed by atoms with van der Waals surface area (Å²) in [5.74, 6) is -1.68. The van der Waals surface area contributed by atoms with E-state index in [1.54, 1.807) is 24.3 Å². The molecule has 0 unspecified atom stereocenters. The third-order valence-electron chi connectivity index (χ3n) is 4.11. The highest BCUT2D eigenvalue weighted by Crippen LogP contribution is 2.16. The normalized spacial score (nSPS) is 10.6. The molecule has 7 heteroatoms. The summed E-state index contributed by atoms with van der Waals surface area (Å²) < 4.78 is 14.4. The first-order chi connectivity index (χ1) is 13.0. The lowest BCUT2D eigenvalue weighted by atomic mass is 10.1. The Bertz CT molecular complexity index is 963. The summed E-state index contributed by atoms with van der Waals surface area (Å²) in [5.41, 5.74) is 2.10. The molecule has 1 heterocycles. The molecule has 138 valence electrons. The number of nitrogens with one attached hydrogen (secondary N) is 1. The topological polar surface area (TPSA) is 84.2 Å². The van der Waals surface area contributed by atoms with Crippen LogP contribution >= 0.6 is 0 Å². The SMILES string of the molecule is CCc1ccc(C(=O)Nc2cc(C(=O)O)nn2Cc2ccc(F)cc2)cc1. The average molecular weight is 367 g/mol. The number of aromatic nitrogens is 2. The molecule has 0 spiro atoms. The number of anilines is 1. The molecule has 3 rings (SSSR count). The Morgan fingerprint density at radius 2 is 1.70 bits per heavy atom. The summed E-state index contributed by atoms with van der Waals surface area (Å²) in [5, 5.41) is 15.9. The van der Waals surface area contributed by atoms with E-state index in [-0.39, 0.29) is 29.8 Å². The van der Waals surface area contributed by atoms with Crippen molar-refractivity contribution in [3.05, 3.63) is 82.8 Å². The number of hydrogen-bond acceptors (Lipinski definition) is 3. The molecule has 0 aliphatic heterocycles. The van der Waals surface area contributed by atoms with Crippen molar-refractivity contribution in [1.82, 2.24) is 9.78 Å². The number of aromatic carboxylic acids is 1. The molecule has 0 atom stereocenters. The Balaban J connectivity index is 1.85. The van der Waals surface area contributed by atoms with Gasteiger partial charge in [-0.3, -0.25) is 4.79 Å². The van der Waals surface area contributed by atoms with Crippen molar-refractivity contribution in [2.45, 2.75) is 19.9 Å². The van der Waals surface area contributed by atoms with Crippen molar-refractivity contribution in [3.63, 3.8) is 0 Å². The van der Waals surface area contributed by atoms with Crippen molar-refractivity contribution in [2.75, 3.05) is 5.32 Å². The van der Waals surface area contributed by atoms with Gasteiger partial charge in [0.05, 0.1) is 6.54 Å². The van der Waals surface area contributed by atoms with Gasteiger partial charge in [-0.25, -0.2) is 13.9 Å². The number of benzene rings is 2. The molecule has 0 aliphatic carbocycles. The molecular formula is C20H18FN3O3. The van der Waals surface area contributed by atoms with Gasteiger partial charge in [-0.05, 0) is 41.8 Å². The minimum atomic E-state index is -1.20. The fraction of sp³-hybridized carbons (Fsp3) is 0.150. The molecule has 0 saturated carbocycles. The minimum Gasteiger partial charge on any atom is -0.476 e. The van der Waals surface area contributed by atoms with Crippen LogP contribution in [-0.2, 0) is 13.0 Å². The molecule has 0 aliphatic rings. The highest BCUT2D eigenvalue weighted by atomic mass is 19.1. The van der Waals surface area contributed by atoms with Gasteiger partial charge < -0.3 is 10.4 Å². The molecule has 6 nitrogen and oxygen atoms in total. The van der Waals surface area contributed by atoms with Gasteiger partial charge in [-0.1, -0.05) is 31.2 Å². The van der Waals surface area contributed by atoms with Gasteiger partial charge in [-0.2, -0.15) is 5.10 Å². The number of hydrogen-bond donors (Lipinski definition) is 2. The Kier molecular flexibility index (Phi) is 5.30. The van der Waals surface area contributed by atoms with Crippen LogP contribution in [0.15, 0.2) is 54.6 Å². The standard InChI is InChI=1S/C20H18FN3O3/c1-2-13-3-7-15(8-4-13)19(25)22-18-11-17(20(26)27)23-24(18)12-14-5-9-16(21)10-6-14/h3-11H,2,12H2,1H3,(H,22,25)(H,26,27). The molecule has 0 bridgehead atoms. The quantitative estimate of drug-likeness (QED) is 0.697. The lowest BCUT2D eigenvalue weighted by Crippen LogP contribution is -2.16. The lowest BCUT2D eigenvalue weighted by Gasteiger charge is -2.09. The van der Waals surface area contributed by atoms with Crippen molar-refractivity contribution < 1.29 is 19.1 Å². The maximum absolute atomic E-state index is 13.1. The first-order valence-corrected chi connectivity index (χ1v) is 8.42.